The Morgan fingerprint density at radius 2 is 1.81 bits per heavy atom. The van der Waals surface area contributed by atoms with Crippen LogP contribution in [0.2, 0.25) is 5.02 Å². The molecule has 21 heavy (non-hydrogen) atoms. The number of benzene rings is 1. The lowest BCUT2D eigenvalue weighted by atomic mass is 9.78. The highest BCUT2D eigenvalue weighted by atomic mass is 35.5. The van der Waals surface area contributed by atoms with Gasteiger partial charge in [-0.2, -0.15) is 0 Å². The molecule has 0 unspecified atom stereocenters. The average Bonchev–Trinajstić information content (AvgIpc) is 3.06. The summed E-state index contributed by atoms with van der Waals surface area (Å²) in [5.41, 5.74) is 0.920. The third-order valence-corrected chi connectivity index (χ3v) is 4.49. The van der Waals surface area contributed by atoms with Crippen molar-refractivity contribution in [3.05, 3.63) is 34.9 Å². The van der Waals surface area contributed by atoms with Gasteiger partial charge in [0.1, 0.15) is 0 Å². The molecule has 0 spiro atoms. The van der Waals surface area contributed by atoms with E-state index in [2.05, 4.69) is 5.32 Å². The number of rotatable bonds is 4. The molecule has 1 aromatic rings. The molecule has 0 radical (unpaired) electrons. The second-order valence-electron chi connectivity index (χ2n) is 5.52. The van der Waals surface area contributed by atoms with E-state index in [4.69, 9.17) is 16.3 Å². The monoisotopic (exact) mass is 309 g/mol. The van der Waals surface area contributed by atoms with Crippen molar-refractivity contribution in [2.45, 2.75) is 31.6 Å². The first-order chi connectivity index (χ1) is 10.1. The minimum Gasteiger partial charge on any atom is -0.481 e. The van der Waals surface area contributed by atoms with Crippen molar-refractivity contribution >= 4 is 23.5 Å². The molecule has 6 heteroatoms. The molecule has 112 valence electrons. The maximum absolute atomic E-state index is 12.3. The van der Waals surface area contributed by atoms with Gasteiger partial charge in [-0.3, -0.25) is 9.59 Å². The van der Waals surface area contributed by atoms with Gasteiger partial charge in [-0.05, 0) is 30.5 Å². The van der Waals surface area contributed by atoms with Crippen LogP contribution in [0.1, 0.15) is 18.4 Å². The quantitative estimate of drug-likeness (QED) is 0.890. The summed E-state index contributed by atoms with van der Waals surface area (Å²) in [6, 6.07) is 7.16. The molecule has 2 heterocycles. The predicted octanol–water partition coefficient (Wildman–Crippen LogP) is 1.83. The SMILES string of the molecule is O=C(NCc1ccc(Cl)cc1)[C@@H]1[C@@H](C(=O)O)[C@H]2CC[C@@H]1O2. The van der Waals surface area contributed by atoms with Crippen molar-refractivity contribution in [1.82, 2.24) is 5.32 Å². The van der Waals surface area contributed by atoms with Gasteiger partial charge >= 0.3 is 5.97 Å². The fraction of sp³-hybridized carbons (Fsp3) is 0.467. The van der Waals surface area contributed by atoms with Gasteiger partial charge in [-0.25, -0.2) is 0 Å². The zero-order chi connectivity index (χ0) is 15.0. The number of hydrogen-bond donors (Lipinski definition) is 2. The minimum atomic E-state index is -0.950. The Bertz CT molecular complexity index is 559. The van der Waals surface area contributed by atoms with Crippen LogP contribution in [0.3, 0.4) is 0 Å². The standard InChI is InChI=1S/C15H16ClNO4/c16-9-3-1-8(2-4-9)7-17-14(18)12-10-5-6-11(21-10)13(12)15(19)20/h1-4,10-13H,5-7H2,(H,17,18)(H,19,20)/t10-,11+,12-,13-/m0/s1. The van der Waals surface area contributed by atoms with Crippen molar-refractivity contribution in [1.29, 1.82) is 0 Å². The van der Waals surface area contributed by atoms with E-state index < -0.39 is 17.8 Å². The lowest BCUT2D eigenvalue weighted by Gasteiger charge is -2.23. The Morgan fingerprint density at radius 3 is 2.43 bits per heavy atom. The molecule has 1 amide bonds. The van der Waals surface area contributed by atoms with Gasteiger partial charge in [-0.1, -0.05) is 23.7 Å². The second kappa shape index (κ2) is 5.66. The number of amides is 1. The molecule has 4 atom stereocenters. The highest BCUT2D eigenvalue weighted by Crippen LogP contribution is 2.43. The Balaban J connectivity index is 1.64. The Kier molecular flexibility index (Phi) is 3.87. The van der Waals surface area contributed by atoms with Crippen molar-refractivity contribution in [2.24, 2.45) is 11.8 Å². The summed E-state index contributed by atoms with van der Waals surface area (Å²) in [6.07, 6.45) is 0.899. The molecule has 2 fully saturated rings. The summed E-state index contributed by atoms with van der Waals surface area (Å²) < 4.78 is 5.59. The number of fused-ring (bicyclic) bond motifs is 2. The van der Waals surface area contributed by atoms with Crippen LogP contribution in [-0.4, -0.2) is 29.2 Å². The van der Waals surface area contributed by atoms with E-state index in [1.54, 1.807) is 12.1 Å². The molecular weight excluding hydrogens is 294 g/mol. The van der Waals surface area contributed by atoms with Gasteiger partial charge < -0.3 is 15.2 Å². The van der Waals surface area contributed by atoms with Crippen LogP contribution < -0.4 is 5.32 Å². The first-order valence-corrected chi connectivity index (χ1v) is 7.34. The molecule has 1 aromatic carbocycles. The number of carbonyl (C=O) groups is 2. The summed E-state index contributed by atoms with van der Waals surface area (Å²) in [7, 11) is 0. The minimum absolute atomic E-state index is 0.246. The highest BCUT2D eigenvalue weighted by Gasteiger charge is 2.55. The highest BCUT2D eigenvalue weighted by molar-refractivity contribution is 6.30. The number of hydrogen-bond acceptors (Lipinski definition) is 3. The molecule has 2 saturated heterocycles. The zero-order valence-corrected chi connectivity index (χ0v) is 12.0. The number of carbonyl (C=O) groups excluding carboxylic acids is 1. The first-order valence-electron chi connectivity index (χ1n) is 6.96. The molecule has 0 aliphatic carbocycles. The van der Waals surface area contributed by atoms with E-state index in [9.17, 15) is 14.7 Å². The largest absolute Gasteiger partial charge is 0.481 e. The third kappa shape index (κ3) is 2.76. The van der Waals surface area contributed by atoms with Crippen LogP contribution in [0.4, 0.5) is 0 Å². The van der Waals surface area contributed by atoms with Crippen LogP contribution in [0.25, 0.3) is 0 Å². The van der Waals surface area contributed by atoms with Crippen LogP contribution in [0.15, 0.2) is 24.3 Å². The van der Waals surface area contributed by atoms with E-state index in [0.717, 1.165) is 18.4 Å². The van der Waals surface area contributed by atoms with Crippen LogP contribution in [-0.2, 0) is 20.9 Å². The van der Waals surface area contributed by atoms with Gasteiger partial charge in [-0.15, -0.1) is 0 Å². The molecule has 5 nitrogen and oxygen atoms in total. The zero-order valence-electron chi connectivity index (χ0n) is 11.3. The molecule has 3 rings (SSSR count). The summed E-state index contributed by atoms with van der Waals surface area (Å²) >= 11 is 5.81. The van der Waals surface area contributed by atoms with Crippen molar-refractivity contribution in [3.63, 3.8) is 0 Å². The number of ether oxygens (including phenoxy) is 1. The molecule has 2 N–H and O–H groups in total. The fourth-order valence-corrected chi connectivity index (χ4v) is 3.36. The van der Waals surface area contributed by atoms with Crippen LogP contribution >= 0.6 is 11.6 Å². The molecule has 2 aliphatic heterocycles. The molecular formula is C15H16ClNO4. The molecule has 0 aromatic heterocycles. The average molecular weight is 310 g/mol. The Labute approximate surface area is 127 Å². The van der Waals surface area contributed by atoms with Gasteiger partial charge in [0.15, 0.2) is 0 Å². The van der Waals surface area contributed by atoms with E-state index >= 15 is 0 Å². The Hall–Kier alpha value is -1.59. The van der Waals surface area contributed by atoms with E-state index in [-0.39, 0.29) is 18.1 Å². The van der Waals surface area contributed by atoms with Crippen molar-refractivity contribution < 1.29 is 19.4 Å². The number of carboxylic acids is 1. The predicted molar refractivity (Wildman–Crippen MR) is 75.8 cm³/mol. The number of nitrogens with one attached hydrogen (secondary N) is 1. The lowest BCUT2D eigenvalue weighted by molar-refractivity contribution is -0.147. The summed E-state index contributed by atoms with van der Waals surface area (Å²) in [5, 5.41) is 12.7. The van der Waals surface area contributed by atoms with Gasteiger partial charge in [0.2, 0.25) is 5.91 Å². The topological polar surface area (TPSA) is 75.6 Å². The van der Waals surface area contributed by atoms with Crippen LogP contribution in [0, 0.1) is 11.8 Å². The van der Waals surface area contributed by atoms with Crippen molar-refractivity contribution in [2.75, 3.05) is 0 Å². The lowest BCUT2D eigenvalue weighted by Crippen LogP contribution is -2.43. The molecule has 2 bridgehead atoms. The second-order valence-corrected chi connectivity index (χ2v) is 5.96. The smallest absolute Gasteiger partial charge is 0.310 e. The maximum Gasteiger partial charge on any atom is 0.310 e. The first kappa shape index (κ1) is 14.4. The number of aliphatic carboxylic acids is 1. The van der Waals surface area contributed by atoms with Gasteiger partial charge in [0.25, 0.3) is 0 Å². The number of carboxylic acid groups (broad SMARTS) is 1. The van der Waals surface area contributed by atoms with E-state index in [1.165, 1.54) is 0 Å². The summed E-state index contributed by atoms with van der Waals surface area (Å²) in [5.74, 6) is -2.51. The normalized spacial score (nSPS) is 30.3. The number of halogens is 1. The summed E-state index contributed by atoms with van der Waals surface area (Å²) in [4.78, 5) is 23.7. The summed E-state index contributed by atoms with van der Waals surface area (Å²) in [6.45, 7) is 0.357. The van der Waals surface area contributed by atoms with E-state index in [0.29, 0.717) is 11.6 Å². The molecule has 0 saturated carbocycles. The van der Waals surface area contributed by atoms with E-state index in [1.807, 2.05) is 12.1 Å². The maximum atomic E-state index is 12.3. The fourth-order valence-electron chi connectivity index (χ4n) is 3.23. The Morgan fingerprint density at radius 1 is 1.19 bits per heavy atom. The van der Waals surface area contributed by atoms with Crippen molar-refractivity contribution in [3.8, 4) is 0 Å². The molecule has 2 aliphatic rings. The van der Waals surface area contributed by atoms with Crippen LogP contribution in [0.5, 0.6) is 0 Å². The van der Waals surface area contributed by atoms with Gasteiger partial charge in [0, 0.05) is 11.6 Å². The van der Waals surface area contributed by atoms with Gasteiger partial charge in [0.05, 0.1) is 24.0 Å². The third-order valence-electron chi connectivity index (χ3n) is 4.24.